The first kappa shape index (κ1) is 15.5. The molecule has 0 bridgehead atoms. The van der Waals surface area contributed by atoms with Gasteiger partial charge in [-0.3, -0.25) is 4.79 Å². The van der Waals surface area contributed by atoms with Crippen LogP contribution in [-0.4, -0.2) is 17.1 Å². The van der Waals surface area contributed by atoms with Crippen molar-refractivity contribution in [2.24, 2.45) is 5.92 Å². The van der Waals surface area contributed by atoms with Crippen molar-refractivity contribution in [3.63, 3.8) is 0 Å². The molecule has 2 rings (SSSR count). The van der Waals surface area contributed by atoms with E-state index in [1.807, 2.05) is 0 Å². The van der Waals surface area contributed by atoms with E-state index in [0.717, 1.165) is 18.4 Å². The van der Waals surface area contributed by atoms with Crippen molar-refractivity contribution in [2.45, 2.75) is 38.3 Å². The van der Waals surface area contributed by atoms with E-state index in [4.69, 9.17) is 28.3 Å². The minimum atomic E-state index is -0.711. The molecule has 3 nitrogen and oxygen atoms in total. The van der Waals surface area contributed by atoms with Gasteiger partial charge in [0.1, 0.15) is 5.82 Å². The highest BCUT2D eigenvalue weighted by Gasteiger charge is 2.25. The Morgan fingerprint density at radius 1 is 1.25 bits per heavy atom. The first-order valence-corrected chi connectivity index (χ1v) is 7.33. The lowest BCUT2D eigenvalue weighted by Gasteiger charge is -2.27. The van der Waals surface area contributed by atoms with Gasteiger partial charge in [0.15, 0.2) is 0 Å². The van der Waals surface area contributed by atoms with Crippen molar-refractivity contribution in [3.05, 3.63) is 33.6 Å². The number of rotatable bonds is 4. The smallest absolute Gasteiger partial charge is 0.306 e. The van der Waals surface area contributed by atoms with Crippen LogP contribution in [0.15, 0.2) is 12.1 Å². The normalized spacial score (nSPS) is 22.8. The fraction of sp³-hybridized carbons (Fsp3) is 0.500. The molecule has 1 aliphatic carbocycles. The summed E-state index contributed by atoms with van der Waals surface area (Å²) in [5, 5.41) is 12.4. The first-order chi connectivity index (χ1) is 9.49. The Balaban J connectivity index is 1.88. The molecule has 0 radical (unpaired) electrons. The molecule has 6 heteroatoms. The number of hydrogen-bond donors (Lipinski definition) is 2. The van der Waals surface area contributed by atoms with E-state index < -0.39 is 11.8 Å². The quantitative estimate of drug-likeness (QED) is 0.828. The van der Waals surface area contributed by atoms with Crippen molar-refractivity contribution >= 4 is 29.2 Å². The fourth-order valence-electron chi connectivity index (χ4n) is 2.50. The van der Waals surface area contributed by atoms with Crippen LogP contribution in [0.4, 0.5) is 4.39 Å². The fourth-order valence-corrected chi connectivity index (χ4v) is 2.91. The standard InChI is InChI=1S/C14H16Cl2FNO2/c15-12-9(3-6-11(17)13(12)16)7-18-10-4-1-8(2-5-10)14(19)20/h3,6,8,10,18H,1-2,4-5,7H2,(H,19,20). The van der Waals surface area contributed by atoms with E-state index in [1.54, 1.807) is 6.07 Å². The molecule has 20 heavy (non-hydrogen) atoms. The van der Waals surface area contributed by atoms with Crippen LogP contribution in [-0.2, 0) is 11.3 Å². The van der Waals surface area contributed by atoms with Gasteiger partial charge in [0.25, 0.3) is 0 Å². The topological polar surface area (TPSA) is 49.3 Å². The molecule has 2 N–H and O–H groups in total. The highest BCUT2D eigenvalue weighted by atomic mass is 35.5. The maximum absolute atomic E-state index is 13.2. The maximum atomic E-state index is 13.2. The number of carboxylic acids is 1. The molecular weight excluding hydrogens is 304 g/mol. The zero-order chi connectivity index (χ0) is 14.7. The van der Waals surface area contributed by atoms with Crippen molar-refractivity contribution in [3.8, 4) is 0 Å². The number of carboxylic acid groups (broad SMARTS) is 1. The van der Waals surface area contributed by atoms with Gasteiger partial charge in [0.05, 0.1) is 16.0 Å². The molecular formula is C14H16Cl2FNO2. The summed E-state index contributed by atoms with van der Waals surface area (Å²) in [7, 11) is 0. The number of hydrogen-bond acceptors (Lipinski definition) is 2. The Labute approximate surface area is 127 Å². The van der Waals surface area contributed by atoms with Gasteiger partial charge < -0.3 is 10.4 Å². The second-order valence-electron chi connectivity index (χ2n) is 5.10. The minimum Gasteiger partial charge on any atom is -0.481 e. The number of benzene rings is 1. The molecule has 0 heterocycles. The average Bonchev–Trinajstić information content (AvgIpc) is 2.44. The van der Waals surface area contributed by atoms with Crippen LogP contribution in [0, 0.1) is 11.7 Å². The Morgan fingerprint density at radius 3 is 2.50 bits per heavy atom. The molecule has 1 aromatic carbocycles. The number of carbonyl (C=O) groups is 1. The third-order valence-corrected chi connectivity index (χ3v) is 4.67. The van der Waals surface area contributed by atoms with Crippen LogP contribution in [0.25, 0.3) is 0 Å². The second kappa shape index (κ2) is 6.74. The number of nitrogens with one attached hydrogen (secondary N) is 1. The third kappa shape index (κ3) is 3.62. The molecule has 1 aromatic rings. The third-order valence-electron chi connectivity index (χ3n) is 3.77. The van der Waals surface area contributed by atoms with E-state index in [-0.39, 0.29) is 22.0 Å². The predicted molar refractivity (Wildman–Crippen MR) is 76.6 cm³/mol. The molecule has 0 aliphatic heterocycles. The molecule has 0 atom stereocenters. The van der Waals surface area contributed by atoms with Crippen molar-refractivity contribution < 1.29 is 14.3 Å². The Hall–Kier alpha value is -0.840. The molecule has 0 spiro atoms. The van der Waals surface area contributed by atoms with Gasteiger partial charge in [-0.25, -0.2) is 4.39 Å². The van der Waals surface area contributed by atoms with Crippen LogP contribution in [0.1, 0.15) is 31.2 Å². The van der Waals surface area contributed by atoms with Crippen molar-refractivity contribution in [1.29, 1.82) is 0 Å². The van der Waals surface area contributed by atoms with E-state index in [2.05, 4.69) is 5.32 Å². The number of halogens is 3. The summed E-state index contributed by atoms with van der Waals surface area (Å²) in [5.74, 6) is -1.46. The summed E-state index contributed by atoms with van der Waals surface area (Å²) in [6.07, 6.45) is 3.02. The van der Waals surface area contributed by atoms with Crippen molar-refractivity contribution in [2.75, 3.05) is 0 Å². The summed E-state index contributed by atoms with van der Waals surface area (Å²) in [5.41, 5.74) is 0.749. The van der Waals surface area contributed by atoms with Crippen LogP contribution in [0.2, 0.25) is 10.0 Å². The lowest BCUT2D eigenvalue weighted by molar-refractivity contribution is -0.142. The average molecular weight is 320 g/mol. The van der Waals surface area contributed by atoms with E-state index in [9.17, 15) is 9.18 Å². The Morgan fingerprint density at radius 2 is 1.90 bits per heavy atom. The molecule has 110 valence electrons. The van der Waals surface area contributed by atoms with Gasteiger partial charge in [-0.05, 0) is 37.3 Å². The maximum Gasteiger partial charge on any atom is 0.306 e. The van der Waals surface area contributed by atoms with Crippen LogP contribution >= 0.6 is 23.2 Å². The van der Waals surface area contributed by atoms with Crippen molar-refractivity contribution in [1.82, 2.24) is 5.32 Å². The molecule has 0 amide bonds. The summed E-state index contributed by atoms with van der Waals surface area (Å²) in [4.78, 5) is 10.9. The minimum absolute atomic E-state index is 0.0550. The van der Waals surface area contributed by atoms with E-state index >= 15 is 0 Å². The number of aliphatic carboxylic acids is 1. The SMILES string of the molecule is O=C(O)C1CCC(NCc2ccc(F)c(Cl)c2Cl)CC1. The van der Waals surface area contributed by atoms with Crippen LogP contribution < -0.4 is 5.32 Å². The van der Waals surface area contributed by atoms with Gasteiger partial charge >= 0.3 is 5.97 Å². The summed E-state index contributed by atoms with van der Waals surface area (Å²) >= 11 is 11.7. The highest BCUT2D eigenvalue weighted by Crippen LogP contribution is 2.29. The molecule has 0 aromatic heterocycles. The van der Waals surface area contributed by atoms with E-state index in [1.165, 1.54) is 6.07 Å². The molecule has 1 aliphatic rings. The van der Waals surface area contributed by atoms with Crippen LogP contribution in [0.3, 0.4) is 0 Å². The predicted octanol–water partition coefficient (Wildman–Crippen LogP) is 3.87. The lowest BCUT2D eigenvalue weighted by Crippen LogP contribution is -2.34. The van der Waals surface area contributed by atoms with Gasteiger partial charge in [-0.15, -0.1) is 0 Å². The monoisotopic (exact) mass is 319 g/mol. The molecule has 1 fully saturated rings. The summed E-state index contributed by atoms with van der Waals surface area (Å²) < 4.78 is 13.2. The Kier molecular flexibility index (Phi) is 5.24. The zero-order valence-electron chi connectivity index (χ0n) is 10.8. The van der Waals surface area contributed by atoms with Gasteiger partial charge in [-0.1, -0.05) is 29.3 Å². The van der Waals surface area contributed by atoms with Crippen LogP contribution in [0.5, 0.6) is 0 Å². The second-order valence-corrected chi connectivity index (χ2v) is 5.86. The van der Waals surface area contributed by atoms with Gasteiger partial charge in [-0.2, -0.15) is 0 Å². The first-order valence-electron chi connectivity index (χ1n) is 6.57. The summed E-state index contributed by atoms with van der Waals surface area (Å²) in [6, 6.07) is 3.18. The lowest BCUT2D eigenvalue weighted by atomic mass is 9.86. The Bertz CT molecular complexity index is 502. The van der Waals surface area contributed by atoms with E-state index in [0.29, 0.717) is 19.4 Å². The van der Waals surface area contributed by atoms with Gasteiger partial charge in [0, 0.05) is 12.6 Å². The molecule has 1 saturated carbocycles. The largest absolute Gasteiger partial charge is 0.481 e. The highest BCUT2D eigenvalue weighted by molar-refractivity contribution is 6.42. The molecule has 0 unspecified atom stereocenters. The molecule has 0 saturated heterocycles. The summed E-state index contributed by atoms with van der Waals surface area (Å²) in [6.45, 7) is 0.501. The van der Waals surface area contributed by atoms with Gasteiger partial charge in [0.2, 0.25) is 0 Å². The zero-order valence-corrected chi connectivity index (χ0v) is 12.3.